The molecule has 3 aromatic rings. The Kier molecular flexibility index (Phi) is 4.71. The Hall–Kier alpha value is -3.39. The quantitative estimate of drug-likeness (QED) is 0.518. The largest absolute Gasteiger partial charge is 0.497 e. The van der Waals surface area contributed by atoms with Gasteiger partial charge >= 0.3 is 0 Å². The number of amides is 1. The molecule has 0 fully saturated rings. The highest BCUT2D eigenvalue weighted by Crippen LogP contribution is 2.41. The molecule has 1 aliphatic rings. The number of ether oxygens (including phenoxy) is 1. The molecular formula is C21H19N3O4S. The number of hydrogen-bond acceptors (Lipinski definition) is 5. The first-order valence-electron chi connectivity index (χ1n) is 8.94. The number of carbonyl (C=O) groups is 1. The number of rotatable bonds is 5. The summed E-state index contributed by atoms with van der Waals surface area (Å²) in [5, 5.41) is 5.55. The maximum Gasteiger partial charge on any atom is 0.265 e. The lowest BCUT2D eigenvalue weighted by Gasteiger charge is -2.17. The van der Waals surface area contributed by atoms with Gasteiger partial charge in [0.25, 0.3) is 15.9 Å². The molecule has 1 amide bonds. The van der Waals surface area contributed by atoms with Gasteiger partial charge in [0.05, 0.1) is 23.4 Å². The van der Waals surface area contributed by atoms with Crippen molar-refractivity contribution in [2.75, 3.05) is 18.0 Å². The fourth-order valence-electron chi connectivity index (χ4n) is 3.35. The van der Waals surface area contributed by atoms with Gasteiger partial charge in [-0.2, -0.15) is 5.10 Å². The van der Waals surface area contributed by atoms with Crippen molar-refractivity contribution >= 4 is 38.1 Å². The smallest absolute Gasteiger partial charge is 0.265 e. The van der Waals surface area contributed by atoms with Crippen molar-refractivity contribution in [1.82, 2.24) is 5.43 Å². The van der Waals surface area contributed by atoms with Crippen LogP contribution in [0.5, 0.6) is 5.75 Å². The third kappa shape index (κ3) is 3.31. The Morgan fingerprint density at radius 1 is 1.10 bits per heavy atom. The summed E-state index contributed by atoms with van der Waals surface area (Å²) in [6, 6.07) is 17.7. The molecule has 0 saturated carbocycles. The number of benzene rings is 3. The van der Waals surface area contributed by atoms with E-state index in [2.05, 4.69) is 10.5 Å². The minimum Gasteiger partial charge on any atom is -0.497 e. The normalized spacial score (nSPS) is 14.8. The molecule has 0 aromatic heterocycles. The highest BCUT2D eigenvalue weighted by molar-refractivity contribution is 7.93. The monoisotopic (exact) mass is 409 g/mol. The van der Waals surface area contributed by atoms with Crippen LogP contribution in [-0.4, -0.2) is 33.7 Å². The van der Waals surface area contributed by atoms with E-state index in [1.165, 1.54) is 0 Å². The first kappa shape index (κ1) is 18.9. The lowest BCUT2D eigenvalue weighted by molar-refractivity contribution is -0.119. The zero-order chi connectivity index (χ0) is 20.6. The van der Waals surface area contributed by atoms with E-state index in [-0.39, 0.29) is 11.4 Å². The van der Waals surface area contributed by atoms with Crippen molar-refractivity contribution in [1.29, 1.82) is 0 Å². The van der Waals surface area contributed by atoms with Gasteiger partial charge in [0, 0.05) is 10.9 Å². The molecule has 0 unspecified atom stereocenters. The van der Waals surface area contributed by atoms with Crippen molar-refractivity contribution in [2.24, 2.45) is 5.10 Å². The Labute approximate surface area is 168 Å². The molecule has 1 heterocycles. The van der Waals surface area contributed by atoms with Gasteiger partial charge in [0.15, 0.2) is 0 Å². The molecule has 3 aromatic carbocycles. The molecule has 0 saturated heterocycles. The van der Waals surface area contributed by atoms with Crippen molar-refractivity contribution in [2.45, 2.75) is 11.8 Å². The van der Waals surface area contributed by atoms with Gasteiger partial charge in [-0.1, -0.05) is 36.4 Å². The Morgan fingerprint density at radius 2 is 1.83 bits per heavy atom. The van der Waals surface area contributed by atoms with Gasteiger partial charge in [-0.05, 0) is 36.6 Å². The zero-order valence-electron chi connectivity index (χ0n) is 15.9. The van der Waals surface area contributed by atoms with E-state index in [0.717, 1.165) is 15.3 Å². The molecule has 1 N–H and O–H groups in total. The number of methoxy groups -OCH3 is 1. The predicted octanol–water partition coefficient (Wildman–Crippen LogP) is 2.90. The fourth-order valence-corrected chi connectivity index (χ4v) is 5.02. The minimum absolute atomic E-state index is 0.217. The van der Waals surface area contributed by atoms with Crippen molar-refractivity contribution in [3.05, 3.63) is 66.2 Å². The van der Waals surface area contributed by atoms with Gasteiger partial charge < -0.3 is 4.74 Å². The van der Waals surface area contributed by atoms with Crippen molar-refractivity contribution in [3.8, 4) is 5.75 Å². The number of anilines is 1. The molecule has 0 radical (unpaired) electrons. The van der Waals surface area contributed by atoms with Crippen LogP contribution in [0.15, 0.2) is 70.7 Å². The summed E-state index contributed by atoms with van der Waals surface area (Å²) in [7, 11) is -2.21. The van der Waals surface area contributed by atoms with Crippen LogP contribution in [-0.2, 0) is 14.8 Å². The zero-order valence-corrected chi connectivity index (χ0v) is 16.7. The summed E-state index contributed by atoms with van der Waals surface area (Å²) < 4.78 is 32.2. The Bertz CT molecular complexity index is 1250. The van der Waals surface area contributed by atoms with Crippen LogP contribution in [0.2, 0.25) is 0 Å². The van der Waals surface area contributed by atoms with E-state index in [1.807, 2.05) is 30.3 Å². The van der Waals surface area contributed by atoms with Gasteiger partial charge in [-0.15, -0.1) is 0 Å². The van der Waals surface area contributed by atoms with Gasteiger partial charge in [0.2, 0.25) is 0 Å². The Balaban J connectivity index is 1.55. The fraction of sp³-hybridized carbons (Fsp3) is 0.143. The molecule has 0 aliphatic carbocycles. The third-order valence-corrected chi connectivity index (χ3v) is 6.61. The van der Waals surface area contributed by atoms with Crippen molar-refractivity contribution < 1.29 is 17.9 Å². The second-order valence-corrected chi connectivity index (χ2v) is 8.44. The van der Waals surface area contributed by atoms with Crippen LogP contribution < -0.4 is 14.5 Å². The summed E-state index contributed by atoms with van der Waals surface area (Å²) in [6.07, 6.45) is 0. The molecule has 4 rings (SSSR count). The summed E-state index contributed by atoms with van der Waals surface area (Å²) in [5.74, 6) is 0.151. The first-order chi connectivity index (χ1) is 13.9. The van der Waals surface area contributed by atoms with E-state index in [0.29, 0.717) is 22.5 Å². The van der Waals surface area contributed by atoms with Crippen LogP contribution in [0, 0.1) is 0 Å². The molecule has 0 atom stereocenters. The molecule has 29 heavy (non-hydrogen) atoms. The lowest BCUT2D eigenvalue weighted by atomic mass is 10.1. The van der Waals surface area contributed by atoms with Crippen LogP contribution in [0.3, 0.4) is 0 Å². The van der Waals surface area contributed by atoms with E-state index in [9.17, 15) is 13.2 Å². The van der Waals surface area contributed by atoms with Crippen LogP contribution in [0.4, 0.5) is 5.69 Å². The molecular weight excluding hydrogens is 390 g/mol. The highest BCUT2D eigenvalue weighted by atomic mass is 32.2. The summed E-state index contributed by atoms with van der Waals surface area (Å²) >= 11 is 0. The predicted molar refractivity (Wildman–Crippen MR) is 112 cm³/mol. The topological polar surface area (TPSA) is 88.1 Å². The minimum atomic E-state index is -3.79. The van der Waals surface area contributed by atoms with Gasteiger partial charge in [-0.25, -0.2) is 13.8 Å². The number of hydrogen-bond donors (Lipinski definition) is 1. The molecule has 148 valence electrons. The van der Waals surface area contributed by atoms with Crippen LogP contribution >= 0.6 is 0 Å². The molecule has 8 heteroatoms. The second kappa shape index (κ2) is 7.21. The van der Waals surface area contributed by atoms with E-state index < -0.39 is 15.9 Å². The van der Waals surface area contributed by atoms with Crippen LogP contribution in [0.25, 0.3) is 10.8 Å². The van der Waals surface area contributed by atoms with Crippen molar-refractivity contribution in [3.63, 3.8) is 0 Å². The Morgan fingerprint density at radius 3 is 2.59 bits per heavy atom. The SMILES string of the molecule is COc1cccc(/C(C)=N\NC(=O)CN2c3cccc4cccc(c34)S2(=O)=O)c1. The first-order valence-corrected chi connectivity index (χ1v) is 10.4. The summed E-state index contributed by atoms with van der Waals surface area (Å²) in [4.78, 5) is 12.7. The average Bonchev–Trinajstić information content (AvgIpc) is 2.95. The number of hydrazone groups is 1. The maximum atomic E-state index is 12.9. The van der Waals surface area contributed by atoms with Gasteiger partial charge in [0.1, 0.15) is 12.3 Å². The summed E-state index contributed by atoms with van der Waals surface area (Å²) in [6.45, 7) is 1.39. The van der Waals surface area contributed by atoms with E-state index in [4.69, 9.17) is 4.74 Å². The molecule has 0 bridgehead atoms. The standard InChI is InChI=1S/C21H19N3O4S/c1-14(16-8-3-9-17(12-16)28-2)22-23-20(25)13-24-18-10-4-6-15-7-5-11-19(21(15)18)29(24,26)27/h3-12H,13H2,1-2H3,(H,23,25)/b22-14-. The molecule has 1 aliphatic heterocycles. The molecule has 7 nitrogen and oxygen atoms in total. The maximum absolute atomic E-state index is 12.9. The van der Waals surface area contributed by atoms with E-state index >= 15 is 0 Å². The molecule has 0 spiro atoms. The van der Waals surface area contributed by atoms with Gasteiger partial charge in [-0.3, -0.25) is 9.10 Å². The van der Waals surface area contributed by atoms with E-state index in [1.54, 1.807) is 44.4 Å². The lowest BCUT2D eigenvalue weighted by Crippen LogP contribution is -2.37. The van der Waals surface area contributed by atoms with Crippen LogP contribution in [0.1, 0.15) is 12.5 Å². The number of nitrogens with zero attached hydrogens (tertiary/aromatic N) is 2. The third-order valence-electron chi connectivity index (χ3n) is 4.80. The number of nitrogens with one attached hydrogen (secondary N) is 1. The summed E-state index contributed by atoms with van der Waals surface area (Å²) in [5.41, 5.74) is 4.31. The highest BCUT2D eigenvalue weighted by Gasteiger charge is 2.36. The number of sulfonamides is 1. The second-order valence-electron chi connectivity index (χ2n) is 6.61. The average molecular weight is 409 g/mol. The number of carbonyl (C=O) groups excluding carboxylic acids is 1.